The van der Waals surface area contributed by atoms with Crippen LogP contribution >= 0.6 is 15.9 Å². The average Bonchev–Trinajstić information content (AvgIpc) is 2.09. The number of aliphatic hydroxyl groups excluding tert-OH is 1. The van der Waals surface area contributed by atoms with E-state index in [1.165, 1.54) is 0 Å². The Hall–Kier alpha value is -0.740. The van der Waals surface area contributed by atoms with E-state index >= 15 is 0 Å². The van der Waals surface area contributed by atoms with Crippen molar-refractivity contribution in [3.8, 4) is 5.75 Å². The molecule has 3 N–H and O–H groups in total. The summed E-state index contributed by atoms with van der Waals surface area (Å²) >= 11 is 3.32. The molecule has 0 aliphatic carbocycles. The SMILES string of the molecule is Cc1cc(Br)c(N)cc1OCCO. The van der Waals surface area contributed by atoms with E-state index in [2.05, 4.69) is 15.9 Å². The van der Waals surface area contributed by atoms with Crippen LogP contribution in [0, 0.1) is 6.92 Å². The third-order valence-corrected chi connectivity index (χ3v) is 2.33. The van der Waals surface area contributed by atoms with Gasteiger partial charge in [0.15, 0.2) is 0 Å². The van der Waals surface area contributed by atoms with E-state index < -0.39 is 0 Å². The molecule has 0 amide bonds. The van der Waals surface area contributed by atoms with Crippen LogP contribution in [0.2, 0.25) is 0 Å². The zero-order valence-electron chi connectivity index (χ0n) is 7.38. The second kappa shape index (κ2) is 4.48. The monoisotopic (exact) mass is 245 g/mol. The highest BCUT2D eigenvalue weighted by molar-refractivity contribution is 9.10. The van der Waals surface area contributed by atoms with Crippen LogP contribution in [0.3, 0.4) is 0 Å². The number of aryl methyl sites for hydroxylation is 1. The Balaban J connectivity index is 2.88. The van der Waals surface area contributed by atoms with Gasteiger partial charge in [0.2, 0.25) is 0 Å². The molecule has 0 aromatic heterocycles. The maximum absolute atomic E-state index is 8.58. The van der Waals surface area contributed by atoms with E-state index in [1.54, 1.807) is 6.07 Å². The van der Waals surface area contributed by atoms with E-state index in [4.69, 9.17) is 15.6 Å². The molecule has 0 bridgehead atoms. The molecule has 0 fully saturated rings. The van der Waals surface area contributed by atoms with Gasteiger partial charge in [-0.05, 0) is 34.5 Å². The van der Waals surface area contributed by atoms with Crippen molar-refractivity contribution < 1.29 is 9.84 Å². The van der Waals surface area contributed by atoms with Gasteiger partial charge in [0.1, 0.15) is 12.4 Å². The molecular weight excluding hydrogens is 234 g/mol. The molecule has 0 spiro atoms. The normalized spacial score (nSPS) is 10.1. The van der Waals surface area contributed by atoms with Crippen molar-refractivity contribution in [3.05, 3.63) is 22.2 Å². The zero-order valence-corrected chi connectivity index (χ0v) is 8.97. The summed E-state index contributed by atoms with van der Waals surface area (Å²) in [5.74, 6) is 0.717. The zero-order chi connectivity index (χ0) is 9.84. The van der Waals surface area contributed by atoms with Gasteiger partial charge in [-0.1, -0.05) is 0 Å². The first-order valence-corrected chi connectivity index (χ1v) is 4.73. The fraction of sp³-hybridized carbons (Fsp3) is 0.333. The lowest BCUT2D eigenvalue weighted by Crippen LogP contribution is -2.03. The van der Waals surface area contributed by atoms with Gasteiger partial charge in [0, 0.05) is 16.2 Å². The molecule has 72 valence electrons. The standard InChI is InChI=1S/C9H12BrNO2/c1-6-4-7(10)8(11)5-9(6)13-3-2-12/h4-5,12H,2-3,11H2,1H3. The van der Waals surface area contributed by atoms with Crippen LogP contribution in [-0.4, -0.2) is 18.3 Å². The maximum atomic E-state index is 8.58. The van der Waals surface area contributed by atoms with Crippen molar-refractivity contribution >= 4 is 21.6 Å². The Kier molecular flexibility index (Phi) is 3.57. The number of rotatable bonds is 3. The molecule has 0 radical (unpaired) electrons. The highest BCUT2D eigenvalue weighted by Gasteiger charge is 2.03. The van der Waals surface area contributed by atoms with Crippen molar-refractivity contribution in [2.75, 3.05) is 18.9 Å². The maximum Gasteiger partial charge on any atom is 0.124 e. The summed E-state index contributed by atoms with van der Waals surface area (Å²) in [5, 5.41) is 8.58. The van der Waals surface area contributed by atoms with Crippen molar-refractivity contribution in [2.24, 2.45) is 0 Å². The van der Waals surface area contributed by atoms with Gasteiger partial charge in [-0.25, -0.2) is 0 Å². The number of halogens is 1. The van der Waals surface area contributed by atoms with E-state index in [1.807, 2.05) is 13.0 Å². The Morgan fingerprint density at radius 2 is 2.23 bits per heavy atom. The summed E-state index contributed by atoms with van der Waals surface area (Å²) in [6, 6.07) is 3.64. The van der Waals surface area contributed by atoms with E-state index in [9.17, 15) is 0 Å². The molecule has 4 heteroatoms. The summed E-state index contributed by atoms with van der Waals surface area (Å²) in [4.78, 5) is 0. The number of nitrogens with two attached hydrogens (primary N) is 1. The van der Waals surface area contributed by atoms with Gasteiger partial charge < -0.3 is 15.6 Å². The number of hydrogen-bond acceptors (Lipinski definition) is 3. The highest BCUT2D eigenvalue weighted by atomic mass is 79.9. The second-order valence-corrected chi connectivity index (χ2v) is 3.57. The summed E-state index contributed by atoms with van der Waals surface area (Å²) in [5.41, 5.74) is 7.30. The van der Waals surface area contributed by atoms with Crippen LogP contribution in [0.15, 0.2) is 16.6 Å². The van der Waals surface area contributed by atoms with Gasteiger partial charge in [-0.3, -0.25) is 0 Å². The van der Waals surface area contributed by atoms with Crippen LogP contribution in [0.25, 0.3) is 0 Å². The van der Waals surface area contributed by atoms with Crippen LogP contribution < -0.4 is 10.5 Å². The van der Waals surface area contributed by atoms with E-state index in [0.29, 0.717) is 12.3 Å². The number of benzene rings is 1. The lowest BCUT2D eigenvalue weighted by Gasteiger charge is -2.09. The first-order chi connectivity index (χ1) is 6.15. The van der Waals surface area contributed by atoms with Crippen molar-refractivity contribution in [2.45, 2.75) is 6.92 Å². The summed E-state index contributed by atoms with van der Waals surface area (Å²) in [6.07, 6.45) is 0. The fourth-order valence-electron chi connectivity index (χ4n) is 0.980. The number of ether oxygens (including phenoxy) is 1. The molecule has 1 rings (SSSR count). The Morgan fingerprint density at radius 3 is 2.85 bits per heavy atom. The Bertz CT molecular complexity index is 302. The number of aliphatic hydroxyl groups is 1. The minimum atomic E-state index is 0.00933. The lowest BCUT2D eigenvalue weighted by molar-refractivity contribution is 0.200. The Labute approximate surface area is 85.6 Å². The van der Waals surface area contributed by atoms with Gasteiger partial charge in [-0.15, -0.1) is 0 Å². The number of nitrogen functional groups attached to an aromatic ring is 1. The van der Waals surface area contributed by atoms with E-state index in [-0.39, 0.29) is 6.61 Å². The molecule has 0 unspecified atom stereocenters. The fourth-order valence-corrected chi connectivity index (χ4v) is 1.44. The number of hydrogen-bond donors (Lipinski definition) is 2. The van der Waals surface area contributed by atoms with Gasteiger partial charge >= 0.3 is 0 Å². The van der Waals surface area contributed by atoms with Gasteiger partial charge in [0.05, 0.1) is 6.61 Å². The molecule has 1 aromatic carbocycles. The summed E-state index contributed by atoms with van der Waals surface area (Å²) in [7, 11) is 0. The predicted molar refractivity (Wildman–Crippen MR) is 55.9 cm³/mol. The van der Waals surface area contributed by atoms with Crippen LogP contribution in [-0.2, 0) is 0 Å². The van der Waals surface area contributed by atoms with Gasteiger partial charge in [-0.2, -0.15) is 0 Å². The largest absolute Gasteiger partial charge is 0.491 e. The summed E-state index contributed by atoms with van der Waals surface area (Å²) < 4.78 is 6.13. The third kappa shape index (κ3) is 2.60. The first-order valence-electron chi connectivity index (χ1n) is 3.94. The average molecular weight is 246 g/mol. The minimum Gasteiger partial charge on any atom is -0.491 e. The van der Waals surface area contributed by atoms with Crippen LogP contribution in [0.4, 0.5) is 5.69 Å². The molecule has 3 nitrogen and oxygen atoms in total. The molecule has 0 aliphatic heterocycles. The minimum absolute atomic E-state index is 0.00933. The van der Waals surface area contributed by atoms with Crippen molar-refractivity contribution in [3.63, 3.8) is 0 Å². The lowest BCUT2D eigenvalue weighted by atomic mass is 10.2. The van der Waals surface area contributed by atoms with Crippen molar-refractivity contribution in [1.29, 1.82) is 0 Å². The van der Waals surface area contributed by atoms with Crippen LogP contribution in [0.5, 0.6) is 5.75 Å². The van der Waals surface area contributed by atoms with E-state index in [0.717, 1.165) is 15.8 Å². The first kappa shape index (κ1) is 10.3. The topological polar surface area (TPSA) is 55.5 Å². The smallest absolute Gasteiger partial charge is 0.124 e. The highest BCUT2D eigenvalue weighted by Crippen LogP contribution is 2.28. The second-order valence-electron chi connectivity index (χ2n) is 2.71. The molecule has 0 heterocycles. The molecule has 0 aliphatic rings. The third-order valence-electron chi connectivity index (χ3n) is 1.64. The van der Waals surface area contributed by atoms with Crippen molar-refractivity contribution in [1.82, 2.24) is 0 Å². The quantitative estimate of drug-likeness (QED) is 0.798. The molecule has 0 atom stereocenters. The van der Waals surface area contributed by atoms with Crippen LogP contribution in [0.1, 0.15) is 5.56 Å². The Morgan fingerprint density at radius 1 is 1.54 bits per heavy atom. The predicted octanol–water partition coefficient (Wildman–Crippen LogP) is 1.71. The number of anilines is 1. The molecular formula is C9H12BrNO2. The molecule has 13 heavy (non-hydrogen) atoms. The summed E-state index contributed by atoms with van der Waals surface area (Å²) in [6.45, 7) is 2.23. The molecule has 0 saturated carbocycles. The van der Waals surface area contributed by atoms with Gasteiger partial charge in [0.25, 0.3) is 0 Å². The molecule has 0 saturated heterocycles. The molecule has 1 aromatic rings.